The van der Waals surface area contributed by atoms with Crippen molar-refractivity contribution in [3.63, 3.8) is 0 Å². The van der Waals surface area contributed by atoms with Crippen LogP contribution in [0.5, 0.6) is 0 Å². The molecule has 0 aliphatic heterocycles. The third-order valence-corrected chi connectivity index (χ3v) is 4.20. The van der Waals surface area contributed by atoms with Crippen LogP contribution < -0.4 is 10.6 Å². The first-order valence-electron chi connectivity index (χ1n) is 6.81. The van der Waals surface area contributed by atoms with Crippen molar-refractivity contribution in [2.45, 2.75) is 19.3 Å². The standard InChI is InChI=1S/C18H14O/c19-17-11-10-14(12-4-1-5-12)15-8-2-6-13-7-3-9-16(17)18(13)15/h2-3,6-11H,1,4-5H2. The fraction of sp³-hybridized carbons (Fsp3) is 0.167. The number of hydrogen-bond donors (Lipinski definition) is 0. The quantitative estimate of drug-likeness (QED) is 0.594. The summed E-state index contributed by atoms with van der Waals surface area (Å²) in [6.45, 7) is 0. The molecule has 0 heterocycles. The maximum Gasteiger partial charge on any atom is 0.186 e. The Bertz CT molecular complexity index is 895. The van der Waals surface area contributed by atoms with Gasteiger partial charge in [0.25, 0.3) is 0 Å². The number of rotatable bonds is 0. The van der Waals surface area contributed by atoms with Gasteiger partial charge in [0, 0.05) is 10.8 Å². The molecule has 3 aromatic rings. The van der Waals surface area contributed by atoms with Crippen LogP contribution >= 0.6 is 0 Å². The van der Waals surface area contributed by atoms with E-state index in [0.29, 0.717) is 0 Å². The van der Waals surface area contributed by atoms with E-state index in [-0.39, 0.29) is 5.43 Å². The van der Waals surface area contributed by atoms with E-state index in [0.717, 1.165) is 16.2 Å². The van der Waals surface area contributed by atoms with Gasteiger partial charge in [0.2, 0.25) is 0 Å². The third kappa shape index (κ3) is 1.51. The molecular formula is C18H14O. The van der Waals surface area contributed by atoms with Gasteiger partial charge >= 0.3 is 0 Å². The van der Waals surface area contributed by atoms with Gasteiger partial charge in [-0.05, 0) is 41.3 Å². The van der Waals surface area contributed by atoms with Gasteiger partial charge in [-0.3, -0.25) is 4.79 Å². The lowest BCUT2D eigenvalue weighted by atomic mass is 9.89. The molecule has 0 amide bonds. The Balaban J connectivity index is 2.40. The van der Waals surface area contributed by atoms with Crippen LogP contribution in [0.2, 0.25) is 0 Å². The van der Waals surface area contributed by atoms with Gasteiger partial charge in [0.1, 0.15) is 0 Å². The third-order valence-electron chi connectivity index (χ3n) is 4.20. The van der Waals surface area contributed by atoms with E-state index in [9.17, 15) is 4.79 Å². The molecule has 1 aliphatic rings. The normalized spacial score (nSPS) is 14.8. The zero-order chi connectivity index (χ0) is 12.8. The van der Waals surface area contributed by atoms with Gasteiger partial charge in [0.05, 0.1) is 0 Å². The van der Waals surface area contributed by atoms with Gasteiger partial charge < -0.3 is 0 Å². The summed E-state index contributed by atoms with van der Waals surface area (Å²) in [5.74, 6) is 0. The minimum atomic E-state index is 0.118. The predicted octanol–water partition coefficient (Wildman–Crippen LogP) is 3.41. The molecule has 3 aromatic carbocycles. The molecule has 0 aromatic heterocycles. The monoisotopic (exact) mass is 246 g/mol. The van der Waals surface area contributed by atoms with Gasteiger partial charge in [-0.1, -0.05) is 48.0 Å². The minimum absolute atomic E-state index is 0.118. The van der Waals surface area contributed by atoms with Crippen molar-refractivity contribution in [1.29, 1.82) is 0 Å². The smallest absolute Gasteiger partial charge is 0.186 e. The molecule has 4 rings (SSSR count). The number of hydrogen-bond acceptors (Lipinski definition) is 1. The zero-order valence-electron chi connectivity index (χ0n) is 10.6. The summed E-state index contributed by atoms with van der Waals surface area (Å²) in [5, 5.41) is 5.61. The highest BCUT2D eigenvalue weighted by atomic mass is 16.1. The molecule has 1 aliphatic carbocycles. The van der Waals surface area contributed by atoms with Crippen LogP contribution in [0.4, 0.5) is 0 Å². The van der Waals surface area contributed by atoms with E-state index >= 15 is 0 Å². The zero-order valence-corrected chi connectivity index (χ0v) is 10.6. The Morgan fingerprint density at radius 2 is 1.53 bits per heavy atom. The SMILES string of the molecule is O=c1ccc(=C2CCC2)c2cccc3cccc1c32. The summed E-state index contributed by atoms with van der Waals surface area (Å²) in [7, 11) is 0. The van der Waals surface area contributed by atoms with Crippen LogP contribution in [-0.4, -0.2) is 0 Å². The molecule has 0 atom stereocenters. The average Bonchev–Trinajstić information content (AvgIpc) is 2.51. The van der Waals surface area contributed by atoms with Crippen molar-refractivity contribution >= 4 is 27.1 Å². The van der Waals surface area contributed by atoms with Crippen molar-refractivity contribution in [3.05, 3.63) is 64.0 Å². The Morgan fingerprint density at radius 3 is 2.21 bits per heavy atom. The molecule has 1 heteroatoms. The van der Waals surface area contributed by atoms with Crippen molar-refractivity contribution in [1.82, 2.24) is 0 Å². The van der Waals surface area contributed by atoms with E-state index in [1.165, 1.54) is 35.4 Å². The van der Waals surface area contributed by atoms with Gasteiger partial charge in [-0.2, -0.15) is 0 Å². The average molecular weight is 246 g/mol. The first kappa shape index (κ1) is 10.7. The summed E-state index contributed by atoms with van der Waals surface area (Å²) in [5.41, 5.74) is 1.61. The van der Waals surface area contributed by atoms with Crippen LogP contribution in [0.3, 0.4) is 0 Å². The Labute approximate surface area is 111 Å². The number of benzene rings is 2. The Hall–Kier alpha value is -2.15. The molecule has 1 fully saturated rings. The van der Waals surface area contributed by atoms with Crippen molar-refractivity contribution in [3.8, 4) is 0 Å². The lowest BCUT2D eigenvalue weighted by Crippen LogP contribution is -2.11. The molecule has 0 spiro atoms. The van der Waals surface area contributed by atoms with Crippen LogP contribution in [0.25, 0.3) is 27.1 Å². The maximum absolute atomic E-state index is 12.3. The molecule has 0 bridgehead atoms. The van der Waals surface area contributed by atoms with E-state index in [4.69, 9.17) is 0 Å². The van der Waals surface area contributed by atoms with Gasteiger partial charge in [0.15, 0.2) is 5.43 Å². The second kappa shape index (κ2) is 3.92. The highest BCUT2D eigenvalue weighted by molar-refractivity contribution is 6.09. The van der Waals surface area contributed by atoms with Gasteiger partial charge in [-0.25, -0.2) is 0 Å². The minimum Gasteiger partial charge on any atom is -0.289 e. The van der Waals surface area contributed by atoms with Crippen LogP contribution in [0.1, 0.15) is 19.3 Å². The van der Waals surface area contributed by atoms with Crippen LogP contribution in [-0.2, 0) is 0 Å². The predicted molar refractivity (Wildman–Crippen MR) is 80.2 cm³/mol. The molecule has 0 unspecified atom stereocenters. The van der Waals surface area contributed by atoms with Crippen molar-refractivity contribution in [2.75, 3.05) is 0 Å². The molecule has 92 valence electrons. The lowest BCUT2D eigenvalue weighted by Gasteiger charge is -2.16. The molecule has 19 heavy (non-hydrogen) atoms. The molecular weight excluding hydrogens is 232 g/mol. The van der Waals surface area contributed by atoms with E-state index < -0.39 is 0 Å². The van der Waals surface area contributed by atoms with Crippen LogP contribution in [0, 0.1) is 0 Å². The first-order valence-corrected chi connectivity index (χ1v) is 6.81. The molecule has 0 saturated heterocycles. The Morgan fingerprint density at radius 1 is 0.789 bits per heavy atom. The fourth-order valence-electron chi connectivity index (χ4n) is 3.04. The lowest BCUT2D eigenvalue weighted by molar-refractivity contribution is 0.753. The highest BCUT2D eigenvalue weighted by Crippen LogP contribution is 2.27. The molecule has 1 nitrogen and oxygen atoms in total. The van der Waals surface area contributed by atoms with E-state index in [1.54, 1.807) is 6.07 Å². The summed E-state index contributed by atoms with van der Waals surface area (Å²) >= 11 is 0. The van der Waals surface area contributed by atoms with Crippen molar-refractivity contribution < 1.29 is 0 Å². The molecule has 0 N–H and O–H groups in total. The molecule has 0 radical (unpaired) electrons. The van der Waals surface area contributed by atoms with Crippen LogP contribution in [0.15, 0.2) is 53.3 Å². The topological polar surface area (TPSA) is 17.1 Å². The van der Waals surface area contributed by atoms with E-state index in [2.05, 4.69) is 24.3 Å². The second-order valence-corrected chi connectivity index (χ2v) is 5.28. The maximum atomic E-state index is 12.3. The van der Waals surface area contributed by atoms with Gasteiger partial charge in [-0.15, -0.1) is 0 Å². The van der Waals surface area contributed by atoms with Crippen molar-refractivity contribution in [2.24, 2.45) is 0 Å². The molecule has 1 saturated carbocycles. The summed E-state index contributed by atoms with van der Waals surface area (Å²) < 4.78 is 0. The first-order chi connectivity index (χ1) is 9.34. The fourth-order valence-corrected chi connectivity index (χ4v) is 3.04. The second-order valence-electron chi connectivity index (χ2n) is 5.28. The Kier molecular flexibility index (Phi) is 2.22. The largest absolute Gasteiger partial charge is 0.289 e. The summed E-state index contributed by atoms with van der Waals surface area (Å²) in [6.07, 6.45) is 3.62. The van der Waals surface area contributed by atoms with E-state index in [1.807, 2.05) is 18.2 Å². The highest BCUT2D eigenvalue weighted by Gasteiger charge is 2.11. The summed E-state index contributed by atoms with van der Waals surface area (Å²) in [4.78, 5) is 12.3. The summed E-state index contributed by atoms with van der Waals surface area (Å²) in [6, 6.07) is 16.1.